The highest BCUT2D eigenvalue weighted by Crippen LogP contribution is 2.24. The second kappa shape index (κ2) is 7.42. The fourth-order valence-electron chi connectivity index (χ4n) is 2.70. The molecule has 1 aliphatic heterocycles. The Balaban J connectivity index is 1.61. The molecule has 2 heterocycles. The van der Waals surface area contributed by atoms with Crippen molar-refractivity contribution in [2.75, 3.05) is 26.4 Å². The van der Waals surface area contributed by atoms with E-state index in [4.69, 9.17) is 14.2 Å². The van der Waals surface area contributed by atoms with Gasteiger partial charge in [-0.05, 0) is 6.07 Å². The molecule has 0 spiro atoms. The second-order valence-corrected chi connectivity index (χ2v) is 5.65. The maximum atomic E-state index is 12.2. The molecule has 25 heavy (non-hydrogen) atoms. The number of aromatic amines is 1. The van der Waals surface area contributed by atoms with E-state index in [-0.39, 0.29) is 24.5 Å². The minimum Gasteiger partial charge on any atom is -0.458 e. The number of carbonyl (C=O) groups excluding carboxylic acids is 1. The normalized spacial score (nSPS) is 16.3. The van der Waals surface area contributed by atoms with Gasteiger partial charge in [-0.2, -0.15) is 10.4 Å². The Morgan fingerprint density at radius 2 is 2.00 bits per heavy atom. The van der Waals surface area contributed by atoms with Crippen molar-refractivity contribution in [3.8, 4) is 6.07 Å². The molecule has 8 heteroatoms. The van der Waals surface area contributed by atoms with Crippen LogP contribution in [0.5, 0.6) is 0 Å². The van der Waals surface area contributed by atoms with Gasteiger partial charge in [-0.15, -0.1) is 0 Å². The maximum Gasteiger partial charge on any atom is 0.359 e. The molecule has 0 unspecified atom stereocenters. The zero-order valence-corrected chi connectivity index (χ0v) is 13.5. The second-order valence-electron chi connectivity index (χ2n) is 5.65. The smallest absolute Gasteiger partial charge is 0.359 e. The van der Waals surface area contributed by atoms with Gasteiger partial charge >= 0.3 is 5.97 Å². The summed E-state index contributed by atoms with van der Waals surface area (Å²) in [5.74, 6) is -0.658. The molecule has 1 N–H and O–H groups in total. The van der Waals surface area contributed by atoms with Gasteiger partial charge in [0.2, 0.25) is 0 Å². The van der Waals surface area contributed by atoms with Crippen LogP contribution in [0.15, 0.2) is 29.1 Å². The van der Waals surface area contributed by atoms with Crippen LogP contribution in [0.2, 0.25) is 0 Å². The minimum absolute atomic E-state index is 0.0156. The molecule has 1 fully saturated rings. The monoisotopic (exact) mass is 343 g/mol. The zero-order valence-electron chi connectivity index (χ0n) is 13.5. The lowest BCUT2D eigenvalue weighted by molar-refractivity contribution is -0.0850. The molecule has 3 rings (SSSR count). The van der Waals surface area contributed by atoms with E-state index in [9.17, 15) is 14.9 Å². The number of fused-ring (bicyclic) bond motifs is 1. The number of aromatic nitrogens is 2. The number of benzene rings is 1. The van der Waals surface area contributed by atoms with Crippen molar-refractivity contribution >= 4 is 16.7 Å². The van der Waals surface area contributed by atoms with Crippen molar-refractivity contribution in [1.29, 1.82) is 5.26 Å². The van der Waals surface area contributed by atoms with Crippen LogP contribution in [0.3, 0.4) is 0 Å². The zero-order chi connectivity index (χ0) is 17.7. The maximum absolute atomic E-state index is 12.2. The Morgan fingerprint density at radius 1 is 1.28 bits per heavy atom. The molecule has 0 amide bonds. The van der Waals surface area contributed by atoms with Crippen LogP contribution in [-0.4, -0.2) is 48.2 Å². The van der Waals surface area contributed by atoms with E-state index >= 15 is 0 Å². The van der Waals surface area contributed by atoms with Crippen LogP contribution in [0, 0.1) is 11.3 Å². The van der Waals surface area contributed by atoms with E-state index in [1.807, 2.05) is 0 Å². The van der Waals surface area contributed by atoms with Crippen LogP contribution in [0.25, 0.3) is 10.8 Å². The molecule has 1 saturated heterocycles. The highest BCUT2D eigenvalue weighted by atomic mass is 16.6. The highest BCUT2D eigenvalue weighted by Gasteiger charge is 2.33. The summed E-state index contributed by atoms with van der Waals surface area (Å²) in [4.78, 5) is 23.9. The largest absolute Gasteiger partial charge is 0.458 e. The Labute approximate surface area is 143 Å². The summed E-state index contributed by atoms with van der Waals surface area (Å²) in [6.07, 6.45) is 0.979. The molecule has 8 nitrogen and oxygen atoms in total. The van der Waals surface area contributed by atoms with Gasteiger partial charge in [-0.3, -0.25) is 4.79 Å². The molecule has 0 atom stereocenters. The number of hydrogen-bond donors (Lipinski definition) is 1. The summed E-state index contributed by atoms with van der Waals surface area (Å²) in [6.45, 7) is 1.03. The Kier molecular flexibility index (Phi) is 5.07. The van der Waals surface area contributed by atoms with E-state index in [1.54, 1.807) is 24.3 Å². The summed E-state index contributed by atoms with van der Waals surface area (Å²) in [7, 11) is 0. The number of H-pyrrole nitrogens is 1. The van der Waals surface area contributed by atoms with Gasteiger partial charge in [-0.25, -0.2) is 9.89 Å². The molecule has 1 aliphatic rings. The van der Waals surface area contributed by atoms with Gasteiger partial charge in [0, 0.05) is 18.2 Å². The quantitative estimate of drug-likeness (QED) is 0.640. The van der Waals surface area contributed by atoms with Crippen molar-refractivity contribution in [3.05, 3.63) is 40.3 Å². The third-order valence-electron chi connectivity index (χ3n) is 4.09. The summed E-state index contributed by atoms with van der Waals surface area (Å²) in [5, 5.41) is 16.2. The first-order valence-electron chi connectivity index (χ1n) is 7.93. The van der Waals surface area contributed by atoms with Gasteiger partial charge in [0.25, 0.3) is 5.56 Å². The molecule has 0 radical (unpaired) electrons. The van der Waals surface area contributed by atoms with Gasteiger partial charge < -0.3 is 14.2 Å². The lowest BCUT2D eigenvalue weighted by Crippen LogP contribution is -2.38. The average molecular weight is 343 g/mol. The Hall–Kier alpha value is -2.76. The van der Waals surface area contributed by atoms with E-state index in [0.717, 1.165) is 0 Å². The van der Waals surface area contributed by atoms with Crippen molar-refractivity contribution in [2.45, 2.75) is 18.4 Å². The first-order valence-corrected chi connectivity index (χ1v) is 7.93. The molecule has 0 saturated carbocycles. The lowest BCUT2D eigenvalue weighted by Gasteiger charge is -2.30. The SMILES string of the molecule is N#CC1(OCCOC(=O)c2n[nH]c(=O)c3ccccc23)CCOCC1. The number of nitrogens with one attached hydrogen (secondary N) is 1. The molecule has 0 aliphatic carbocycles. The number of hydrogen-bond acceptors (Lipinski definition) is 7. The number of nitriles is 1. The van der Waals surface area contributed by atoms with Gasteiger partial charge in [0.15, 0.2) is 11.3 Å². The molecule has 0 bridgehead atoms. The predicted octanol–water partition coefficient (Wildman–Crippen LogP) is 1.17. The van der Waals surface area contributed by atoms with E-state index < -0.39 is 11.6 Å². The van der Waals surface area contributed by atoms with Crippen molar-refractivity contribution in [1.82, 2.24) is 10.2 Å². The Bertz CT molecular complexity index is 864. The molecule has 2 aromatic rings. The van der Waals surface area contributed by atoms with Crippen LogP contribution in [0.1, 0.15) is 23.3 Å². The van der Waals surface area contributed by atoms with E-state index in [2.05, 4.69) is 16.3 Å². The molecule has 1 aromatic heterocycles. The van der Waals surface area contributed by atoms with Gasteiger partial charge in [0.1, 0.15) is 6.61 Å². The van der Waals surface area contributed by atoms with Crippen LogP contribution >= 0.6 is 0 Å². The Morgan fingerprint density at radius 3 is 2.72 bits per heavy atom. The fourth-order valence-corrected chi connectivity index (χ4v) is 2.70. The first kappa shape index (κ1) is 17.1. The van der Waals surface area contributed by atoms with Crippen molar-refractivity contribution in [3.63, 3.8) is 0 Å². The van der Waals surface area contributed by atoms with E-state index in [1.165, 1.54) is 0 Å². The standard InChI is InChI=1S/C17H17N3O5/c18-11-17(5-7-23-8-6-17)25-10-9-24-16(22)14-12-3-1-2-4-13(12)15(21)20-19-14/h1-4H,5-10H2,(H,20,21). The molecular weight excluding hydrogens is 326 g/mol. The topological polar surface area (TPSA) is 114 Å². The molecule has 130 valence electrons. The van der Waals surface area contributed by atoms with Crippen molar-refractivity contribution < 1.29 is 19.0 Å². The van der Waals surface area contributed by atoms with Gasteiger partial charge in [-0.1, -0.05) is 18.2 Å². The number of esters is 1. The van der Waals surface area contributed by atoms with Crippen molar-refractivity contribution in [2.24, 2.45) is 0 Å². The van der Waals surface area contributed by atoms with Crippen LogP contribution < -0.4 is 5.56 Å². The highest BCUT2D eigenvalue weighted by molar-refractivity contribution is 6.01. The number of ether oxygens (including phenoxy) is 3. The number of nitrogens with zero attached hydrogens (tertiary/aromatic N) is 2. The third-order valence-corrected chi connectivity index (χ3v) is 4.09. The lowest BCUT2D eigenvalue weighted by atomic mass is 9.96. The molecular formula is C17H17N3O5. The minimum atomic E-state index is -0.881. The van der Waals surface area contributed by atoms with Crippen LogP contribution in [0.4, 0.5) is 0 Å². The fraction of sp³-hybridized carbons (Fsp3) is 0.412. The number of carbonyl (C=O) groups is 1. The summed E-state index contributed by atoms with van der Waals surface area (Å²) in [6, 6.07) is 8.84. The summed E-state index contributed by atoms with van der Waals surface area (Å²) < 4.78 is 16.0. The third kappa shape index (κ3) is 3.68. The van der Waals surface area contributed by atoms with Gasteiger partial charge in [0.05, 0.1) is 31.3 Å². The van der Waals surface area contributed by atoms with Crippen LogP contribution in [-0.2, 0) is 14.2 Å². The summed E-state index contributed by atoms with van der Waals surface area (Å²) in [5.41, 5.74) is -1.21. The van der Waals surface area contributed by atoms with E-state index in [0.29, 0.717) is 36.8 Å². The number of rotatable bonds is 5. The summed E-state index contributed by atoms with van der Waals surface area (Å²) >= 11 is 0. The first-order chi connectivity index (χ1) is 12.2. The molecule has 1 aromatic carbocycles. The average Bonchev–Trinajstić information content (AvgIpc) is 2.66. The predicted molar refractivity (Wildman–Crippen MR) is 87.0 cm³/mol.